The summed E-state index contributed by atoms with van der Waals surface area (Å²) in [5.74, 6) is 0.864. The van der Waals surface area contributed by atoms with Crippen LogP contribution >= 0.6 is 0 Å². The first-order valence-electron chi connectivity index (χ1n) is 6.68. The summed E-state index contributed by atoms with van der Waals surface area (Å²) < 4.78 is 10.3. The van der Waals surface area contributed by atoms with Crippen molar-refractivity contribution >= 4 is 5.96 Å². The number of aliphatic imine (C=N–C) groups is 1. The van der Waals surface area contributed by atoms with Crippen LogP contribution in [0.4, 0.5) is 0 Å². The predicted octanol–water partition coefficient (Wildman–Crippen LogP) is -0.480. The minimum absolute atomic E-state index is 0.688. The number of ether oxygens (including phenoxy) is 2. The molecule has 1 fully saturated rings. The Kier molecular flexibility index (Phi) is 8.54. The van der Waals surface area contributed by atoms with Crippen LogP contribution in [0.2, 0.25) is 0 Å². The Morgan fingerprint density at radius 3 is 2.78 bits per heavy atom. The quantitative estimate of drug-likeness (QED) is 0.367. The van der Waals surface area contributed by atoms with Gasteiger partial charge in [0.2, 0.25) is 0 Å². The van der Waals surface area contributed by atoms with Crippen molar-refractivity contribution in [3.8, 4) is 0 Å². The molecular weight excluding hydrogens is 232 g/mol. The van der Waals surface area contributed by atoms with E-state index in [-0.39, 0.29) is 0 Å². The lowest BCUT2D eigenvalue weighted by molar-refractivity contribution is 0.0394. The number of rotatable bonds is 7. The molecule has 0 aromatic heterocycles. The lowest BCUT2D eigenvalue weighted by Gasteiger charge is -2.25. The summed E-state index contributed by atoms with van der Waals surface area (Å²) in [7, 11) is 1.70. The molecule has 0 radical (unpaired) electrons. The van der Waals surface area contributed by atoms with Crippen LogP contribution in [0.5, 0.6) is 0 Å². The van der Waals surface area contributed by atoms with E-state index in [1.807, 2.05) is 0 Å². The van der Waals surface area contributed by atoms with Gasteiger partial charge in [-0.3, -0.25) is 9.89 Å². The fourth-order valence-electron chi connectivity index (χ4n) is 1.74. The summed E-state index contributed by atoms with van der Waals surface area (Å²) in [6.07, 6.45) is 0. The van der Waals surface area contributed by atoms with Gasteiger partial charge in [0.15, 0.2) is 5.96 Å². The van der Waals surface area contributed by atoms with E-state index >= 15 is 0 Å². The molecule has 0 aromatic rings. The second-order valence-corrected chi connectivity index (χ2v) is 4.13. The van der Waals surface area contributed by atoms with Crippen molar-refractivity contribution in [3.05, 3.63) is 0 Å². The maximum absolute atomic E-state index is 5.32. The van der Waals surface area contributed by atoms with E-state index in [1.165, 1.54) is 0 Å². The average molecular weight is 258 g/mol. The first-order valence-corrected chi connectivity index (χ1v) is 6.68. The largest absolute Gasteiger partial charge is 0.383 e. The molecule has 0 bridgehead atoms. The number of morpholine rings is 1. The standard InChI is InChI=1S/C12H26N4O2/c1-3-13-12(15-5-9-17-2)14-4-6-16-7-10-18-11-8-16/h3-11H2,1-2H3,(H2,13,14,15). The van der Waals surface area contributed by atoms with Crippen molar-refractivity contribution in [3.63, 3.8) is 0 Å². The molecule has 0 amide bonds. The van der Waals surface area contributed by atoms with Gasteiger partial charge >= 0.3 is 0 Å². The molecule has 0 spiro atoms. The summed E-state index contributed by atoms with van der Waals surface area (Å²) in [5.41, 5.74) is 0. The summed E-state index contributed by atoms with van der Waals surface area (Å²) in [6.45, 7) is 9.92. The third-order valence-electron chi connectivity index (χ3n) is 2.73. The SMILES string of the molecule is CCNC(=NCCN1CCOCC1)NCCOC. The Balaban J connectivity index is 2.20. The van der Waals surface area contributed by atoms with Gasteiger partial charge in [-0.05, 0) is 6.92 Å². The number of hydrogen-bond donors (Lipinski definition) is 2. The van der Waals surface area contributed by atoms with Crippen molar-refractivity contribution in [2.75, 3.05) is 66.2 Å². The zero-order valence-electron chi connectivity index (χ0n) is 11.6. The van der Waals surface area contributed by atoms with Crippen molar-refractivity contribution < 1.29 is 9.47 Å². The third-order valence-corrected chi connectivity index (χ3v) is 2.73. The smallest absolute Gasteiger partial charge is 0.191 e. The highest BCUT2D eigenvalue weighted by atomic mass is 16.5. The number of nitrogens with zero attached hydrogens (tertiary/aromatic N) is 2. The zero-order chi connectivity index (χ0) is 13.1. The van der Waals surface area contributed by atoms with E-state index in [1.54, 1.807) is 7.11 Å². The molecule has 0 aliphatic carbocycles. The summed E-state index contributed by atoms with van der Waals surface area (Å²) in [5, 5.41) is 6.45. The van der Waals surface area contributed by atoms with Crippen LogP contribution in [0.25, 0.3) is 0 Å². The van der Waals surface area contributed by atoms with Gasteiger partial charge < -0.3 is 20.1 Å². The predicted molar refractivity (Wildman–Crippen MR) is 73.1 cm³/mol. The highest BCUT2D eigenvalue weighted by Crippen LogP contribution is 1.95. The van der Waals surface area contributed by atoms with E-state index in [9.17, 15) is 0 Å². The fourth-order valence-corrected chi connectivity index (χ4v) is 1.74. The van der Waals surface area contributed by atoms with Gasteiger partial charge in [-0.15, -0.1) is 0 Å². The zero-order valence-corrected chi connectivity index (χ0v) is 11.6. The summed E-state index contributed by atoms with van der Waals surface area (Å²) >= 11 is 0. The van der Waals surface area contributed by atoms with Crippen LogP contribution in [0.3, 0.4) is 0 Å². The second-order valence-electron chi connectivity index (χ2n) is 4.13. The molecule has 1 rings (SSSR count). The Bertz CT molecular complexity index is 230. The number of guanidine groups is 1. The Morgan fingerprint density at radius 1 is 1.33 bits per heavy atom. The minimum Gasteiger partial charge on any atom is -0.383 e. The van der Waals surface area contributed by atoms with Gasteiger partial charge in [0.1, 0.15) is 0 Å². The van der Waals surface area contributed by atoms with Gasteiger partial charge in [0, 0.05) is 39.8 Å². The maximum atomic E-state index is 5.32. The lowest BCUT2D eigenvalue weighted by atomic mass is 10.4. The van der Waals surface area contributed by atoms with Crippen molar-refractivity contribution in [1.29, 1.82) is 0 Å². The van der Waals surface area contributed by atoms with Crippen molar-refractivity contribution in [2.45, 2.75) is 6.92 Å². The molecule has 0 saturated carbocycles. The van der Waals surface area contributed by atoms with Gasteiger partial charge in [0.05, 0.1) is 26.4 Å². The molecule has 1 aliphatic rings. The van der Waals surface area contributed by atoms with Crippen LogP contribution in [0, 0.1) is 0 Å². The highest BCUT2D eigenvalue weighted by Gasteiger charge is 2.08. The Morgan fingerprint density at radius 2 is 2.11 bits per heavy atom. The second kappa shape index (κ2) is 10.1. The highest BCUT2D eigenvalue weighted by molar-refractivity contribution is 5.79. The monoisotopic (exact) mass is 258 g/mol. The summed E-state index contributed by atoms with van der Waals surface area (Å²) in [4.78, 5) is 6.92. The van der Waals surface area contributed by atoms with Gasteiger partial charge in [-0.25, -0.2) is 0 Å². The van der Waals surface area contributed by atoms with Gasteiger partial charge in [-0.1, -0.05) is 0 Å². The lowest BCUT2D eigenvalue weighted by Crippen LogP contribution is -2.40. The fraction of sp³-hybridized carbons (Fsp3) is 0.917. The first kappa shape index (κ1) is 15.2. The first-order chi connectivity index (χ1) is 8.86. The molecule has 1 saturated heterocycles. The number of hydrogen-bond acceptors (Lipinski definition) is 4. The van der Waals surface area contributed by atoms with Crippen LogP contribution in [0.15, 0.2) is 4.99 Å². The van der Waals surface area contributed by atoms with Crippen molar-refractivity contribution in [1.82, 2.24) is 15.5 Å². The van der Waals surface area contributed by atoms with Gasteiger partial charge in [0.25, 0.3) is 0 Å². The third kappa shape index (κ3) is 6.78. The molecular formula is C12H26N4O2. The molecule has 18 heavy (non-hydrogen) atoms. The number of nitrogens with one attached hydrogen (secondary N) is 2. The molecule has 106 valence electrons. The minimum atomic E-state index is 0.688. The normalized spacial score (nSPS) is 17.8. The average Bonchev–Trinajstić information content (AvgIpc) is 2.40. The Hall–Kier alpha value is -0.850. The van der Waals surface area contributed by atoms with E-state index in [4.69, 9.17) is 9.47 Å². The molecule has 0 unspecified atom stereocenters. The topological polar surface area (TPSA) is 58.1 Å². The molecule has 6 heteroatoms. The van der Waals surface area contributed by atoms with Crippen molar-refractivity contribution in [2.24, 2.45) is 4.99 Å². The summed E-state index contributed by atoms with van der Waals surface area (Å²) in [6, 6.07) is 0. The maximum Gasteiger partial charge on any atom is 0.191 e. The van der Waals surface area contributed by atoms with E-state index in [0.29, 0.717) is 6.61 Å². The molecule has 1 heterocycles. The van der Waals surface area contributed by atoms with Crippen LogP contribution in [-0.2, 0) is 9.47 Å². The molecule has 0 atom stereocenters. The van der Waals surface area contributed by atoms with E-state index in [0.717, 1.165) is 58.4 Å². The van der Waals surface area contributed by atoms with Crippen LogP contribution < -0.4 is 10.6 Å². The number of methoxy groups -OCH3 is 1. The molecule has 0 aromatic carbocycles. The molecule has 6 nitrogen and oxygen atoms in total. The van der Waals surface area contributed by atoms with Gasteiger partial charge in [-0.2, -0.15) is 0 Å². The van der Waals surface area contributed by atoms with Crippen LogP contribution in [0.1, 0.15) is 6.92 Å². The molecule has 2 N–H and O–H groups in total. The molecule has 1 aliphatic heterocycles. The van der Waals surface area contributed by atoms with Crippen LogP contribution in [-0.4, -0.2) is 77.1 Å². The van der Waals surface area contributed by atoms with E-state index in [2.05, 4.69) is 27.4 Å². The van der Waals surface area contributed by atoms with E-state index < -0.39 is 0 Å². The Labute approximate surface area is 110 Å².